The van der Waals surface area contributed by atoms with Crippen molar-refractivity contribution in [2.24, 2.45) is 0 Å². The van der Waals surface area contributed by atoms with Crippen molar-refractivity contribution < 1.29 is 14.3 Å². The van der Waals surface area contributed by atoms with E-state index in [-0.39, 0.29) is 24.9 Å². The largest absolute Gasteiger partial charge is 0.391 e. The van der Waals surface area contributed by atoms with Crippen molar-refractivity contribution in [3.05, 3.63) is 34.1 Å². The highest BCUT2D eigenvalue weighted by atomic mass is 79.9. The van der Waals surface area contributed by atoms with Crippen molar-refractivity contribution in [3.63, 3.8) is 0 Å². The third-order valence-corrected chi connectivity index (χ3v) is 3.34. The van der Waals surface area contributed by atoms with Crippen LogP contribution in [0.5, 0.6) is 0 Å². The zero-order valence-corrected chi connectivity index (χ0v) is 12.3. The Morgan fingerprint density at radius 3 is 2.89 bits per heavy atom. The summed E-state index contributed by atoms with van der Waals surface area (Å²) in [6, 6.07) is 3.91. The van der Waals surface area contributed by atoms with Crippen LogP contribution in [0.4, 0.5) is 9.18 Å². The smallest absolute Gasteiger partial charge is 0.315 e. The molecule has 1 aromatic carbocycles. The second-order valence-electron chi connectivity index (χ2n) is 4.24. The number of benzene rings is 1. The average Bonchev–Trinajstić information content (AvgIpc) is 2.38. The van der Waals surface area contributed by atoms with Gasteiger partial charge in [-0.25, -0.2) is 9.18 Å². The van der Waals surface area contributed by atoms with Gasteiger partial charge in [-0.1, -0.05) is 29.3 Å². The van der Waals surface area contributed by atoms with E-state index in [0.29, 0.717) is 12.0 Å². The Bertz CT molecular complexity index is 429. The lowest BCUT2D eigenvalue weighted by Crippen LogP contribution is -2.39. The summed E-state index contributed by atoms with van der Waals surface area (Å²) >= 11 is 3.28. The maximum absolute atomic E-state index is 13.0. The van der Waals surface area contributed by atoms with Crippen molar-refractivity contribution in [1.82, 2.24) is 10.6 Å². The molecule has 0 aliphatic rings. The predicted molar refractivity (Wildman–Crippen MR) is 75.3 cm³/mol. The summed E-state index contributed by atoms with van der Waals surface area (Å²) < 4.78 is 13.8. The van der Waals surface area contributed by atoms with Gasteiger partial charge >= 0.3 is 6.03 Å². The van der Waals surface area contributed by atoms with Gasteiger partial charge in [0.2, 0.25) is 0 Å². The fourth-order valence-electron chi connectivity index (χ4n) is 1.56. The molecule has 0 radical (unpaired) electrons. The fraction of sp³-hybridized carbons (Fsp3) is 0.462. The van der Waals surface area contributed by atoms with E-state index in [4.69, 9.17) is 0 Å². The van der Waals surface area contributed by atoms with E-state index < -0.39 is 6.10 Å². The molecule has 6 heteroatoms. The molecule has 3 N–H and O–H groups in total. The lowest BCUT2D eigenvalue weighted by atomic mass is 10.2. The molecule has 0 aliphatic carbocycles. The molecule has 0 spiro atoms. The van der Waals surface area contributed by atoms with E-state index in [1.807, 2.05) is 6.92 Å². The number of amides is 2. The molecule has 0 saturated carbocycles. The van der Waals surface area contributed by atoms with Crippen LogP contribution in [-0.2, 0) is 6.54 Å². The van der Waals surface area contributed by atoms with E-state index >= 15 is 0 Å². The third kappa shape index (κ3) is 6.02. The molecule has 0 heterocycles. The topological polar surface area (TPSA) is 61.4 Å². The Hall–Kier alpha value is -1.14. The molecule has 0 aliphatic heterocycles. The SMILES string of the molecule is CCCC(O)CNC(=O)NCc1cc(F)ccc1Br. The van der Waals surface area contributed by atoms with Crippen LogP contribution in [0.2, 0.25) is 0 Å². The number of carbonyl (C=O) groups is 1. The summed E-state index contributed by atoms with van der Waals surface area (Å²) in [6.45, 7) is 2.39. The monoisotopic (exact) mass is 332 g/mol. The molecule has 1 aromatic rings. The minimum Gasteiger partial charge on any atom is -0.391 e. The van der Waals surface area contributed by atoms with Crippen LogP contribution in [0, 0.1) is 5.82 Å². The summed E-state index contributed by atoms with van der Waals surface area (Å²) in [5.41, 5.74) is 0.657. The number of urea groups is 1. The van der Waals surface area contributed by atoms with E-state index in [1.165, 1.54) is 12.1 Å². The minimum atomic E-state index is -0.531. The number of hydrogen-bond donors (Lipinski definition) is 3. The molecule has 1 unspecified atom stereocenters. The van der Waals surface area contributed by atoms with Gasteiger partial charge in [-0.3, -0.25) is 0 Å². The first-order valence-corrected chi connectivity index (χ1v) is 6.96. The predicted octanol–water partition coefficient (Wildman–Crippen LogP) is 2.55. The third-order valence-electron chi connectivity index (χ3n) is 2.57. The highest BCUT2D eigenvalue weighted by Gasteiger charge is 2.07. The lowest BCUT2D eigenvalue weighted by Gasteiger charge is -2.12. The van der Waals surface area contributed by atoms with Gasteiger partial charge in [-0.05, 0) is 30.2 Å². The Labute approximate surface area is 120 Å². The number of hydrogen-bond acceptors (Lipinski definition) is 2. The normalized spacial score (nSPS) is 12.0. The van der Waals surface area contributed by atoms with Gasteiger partial charge in [0, 0.05) is 17.6 Å². The molecule has 2 amide bonds. The van der Waals surface area contributed by atoms with Crippen molar-refractivity contribution in [2.75, 3.05) is 6.54 Å². The highest BCUT2D eigenvalue weighted by molar-refractivity contribution is 9.10. The van der Waals surface area contributed by atoms with Crippen molar-refractivity contribution in [3.8, 4) is 0 Å². The van der Waals surface area contributed by atoms with Gasteiger partial charge in [0.05, 0.1) is 6.10 Å². The molecule has 0 saturated heterocycles. The van der Waals surface area contributed by atoms with Crippen LogP contribution >= 0.6 is 15.9 Å². The number of halogens is 2. The Kier molecular flexibility index (Phi) is 6.80. The van der Waals surface area contributed by atoms with E-state index in [1.54, 1.807) is 6.07 Å². The number of carbonyl (C=O) groups excluding carboxylic acids is 1. The lowest BCUT2D eigenvalue weighted by molar-refractivity contribution is 0.160. The molecule has 19 heavy (non-hydrogen) atoms. The maximum atomic E-state index is 13.0. The van der Waals surface area contributed by atoms with Crippen LogP contribution in [0.3, 0.4) is 0 Å². The zero-order valence-electron chi connectivity index (χ0n) is 10.7. The standard InChI is InChI=1S/C13H18BrFN2O2/c1-2-3-11(18)8-17-13(19)16-7-9-6-10(15)4-5-12(9)14/h4-6,11,18H,2-3,7-8H2,1H3,(H2,16,17,19). The number of aliphatic hydroxyl groups excluding tert-OH is 1. The minimum absolute atomic E-state index is 0.212. The Balaban J connectivity index is 2.35. The van der Waals surface area contributed by atoms with Crippen molar-refractivity contribution >= 4 is 22.0 Å². The van der Waals surface area contributed by atoms with Crippen LogP contribution in [0.1, 0.15) is 25.3 Å². The van der Waals surface area contributed by atoms with E-state index in [2.05, 4.69) is 26.6 Å². The van der Waals surface area contributed by atoms with Crippen molar-refractivity contribution in [2.45, 2.75) is 32.4 Å². The summed E-state index contributed by atoms with van der Waals surface area (Å²) in [4.78, 5) is 11.5. The molecule has 1 atom stereocenters. The molecule has 106 valence electrons. The Morgan fingerprint density at radius 1 is 1.47 bits per heavy atom. The first kappa shape index (κ1) is 15.9. The van der Waals surface area contributed by atoms with Crippen LogP contribution in [0.25, 0.3) is 0 Å². The van der Waals surface area contributed by atoms with Crippen molar-refractivity contribution in [1.29, 1.82) is 0 Å². The van der Waals surface area contributed by atoms with Gasteiger partial charge in [-0.2, -0.15) is 0 Å². The molecule has 4 nitrogen and oxygen atoms in total. The number of aliphatic hydroxyl groups is 1. The van der Waals surface area contributed by atoms with Crippen LogP contribution in [-0.4, -0.2) is 23.8 Å². The van der Waals surface area contributed by atoms with E-state index in [0.717, 1.165) is 10.9 Å². The molecule has 1 rings (SSSR count). The highest BCUT2D eigenvalue weighted by Crippen LogP contribution is 2.17. The summed E-state index contributed by atoms with van der Waals surface area (Å²) in [5.74, 6) is -0.348. The fourth-order valence-corrected chi connectivity index (χ4v) is 1.95. The van der Waals surface area contributed by atoms with E-state index in [9.17, 15) is 14.3 Å². The maximum Gasteiger partial charge on any atom is 0.315 e. The second-order valence-corrected chi connectivity index (χ2v) is 5.10. The summed E-state index contributed by atoms with van der Waals surface area (Å²) in [7, 11) is 0. The quantitative estimate of drug-likeness (QED) is 0.749. The average molecular weight is 333 g/mol. The first-order chi connectivity index (χ1) is 9.02. The molecular weight excluding hydrogens is 315 g/mol. The summed E-state index contributed by atoms with van der Waals surface area (Å²) in [6.07, 6.45) is 0.979. The van der Waals surface area contributed by atoms with Gasteiger partial charge in [-0.15, -0.1) is 0 Å². The Morgan fingerprint density at radius 2 is 2.21 bits per heavy atom. The molecule has 0 fully saturated rings. The van der Waals surface area contributed by atoms with Gasteiger partial charge < -0.3 is 15.7 Å². The van der Waals surface area contributed by atoms with Gasteiger partial charge in [0.15, 0.2) is 0 Å². The molecular formula is C13H18BrFN2O2. The van der Waals surface area contributed by atoms with Crippen LogP contribution < -0.4 is 10.6 Å². The molecule has 0 bridgehead atoms. The first-order valence-electron chi connectivity index (χ1n) is 6.16. The van der Waals surface area contributed by atoms with Gasteiger partial charge in [0.1, 0.15) is 5.82 Å². The number of nitrogens with one attached hydrogen (secondary N) is 2. The van der Waals surface area contributed by atoms with Gasteiger partial charge in [0.25, 0.3) is 0 Å². The number of rotatable bonds is 6. The second kappa shape index (κ2) is 8.12. The van der Waals surface area contributed by atoms with Crippen LogP contribution in [0.15, 0.2) is 22.7 Å². The molecule has 0 aromatic heterocycles. The zero-order chi connectivity index (χ0) is 14.3. The summed E-state index contributed by atoms with van der Waals surface area (Å²) in [5, 5.41) is 14.6.